The molecule has 5 heteroatoms. The Morgan fingerprint density at radius 3 is 2.29 bits per heavy atom. The van der Waals surface area contributed by atoms with E-state index < -0.39 is 11.5 Å². The maximum absolute atomic E-state index is 11.2. The number of hydrogen-bond donors (Lipinski definition) is 2. The summed E-state index contributed by atoms with van der Waals surface area (Å²) in [6, 6.07) is 0. The lowest BCUT2D eigenvalue weighted by Gasteiger charge is -2.31. The van der Waals surface area contributed by atoms with Gasteiger partial charge in [-0.25, -0.2) is 0 Å². The van der Waals surface area contributed by atoms with Crippen molar-refractivity contribution in [3.63, 3.8) is 0 Å². The molecule has 0 aromatic heterocycles. The summed E-state index contributed by atoms with van der Waals surface area (Å²) in [6.45, 7) is 7.15. The van der Waals surface area contributed by atoms with Crippen LogP contribution >= 0.6 is 0 Å². The van der Waals surface area contributed by atoms with Crippen LogP contribution in [0.2, 0.25) is 0 Å². The Bertz CT molecular complexity index is 234. The minimum absolute atomic E-state index is 0.531. The number of rotatable bonds is 9. The van der Waals surface area contributed by atoms with Crippen LogP contribution in [0.5, 0.6) is 0 Å². The van der Waals surface area contributed by atoms with Crippen molar-refractivity contribution in [2.75, 3.05) is 47.3 Å². The van der Waals surface area contributed by atoms with E-state index in [1.54, 1.807) is 14.0 Å². The van der Waals surface area contributed by atoms with Gasteiger partial charge in [0.25, 0.3) is 0 Å². The van der Waals surface area contributed by atoms with Crippen molar-refractivity contribution in [1.82, 2.24) is 15.1 Å². The van der Waals surface area contributed by atoms with Crippen molar-refractivity contribution in [3.8, 4) is 0 Å². The van der Waals surface area contributed by atoms with Gasteiger partial charge in [0.15, 0.2) is 0 Å². The van der Waals surface area contributed by atoms with Gasteiger partial charge in [0, 0.05) is 6.54 Å². The zero-order valence-corrected chi connectivity index (χ0v) is 11.8. The summed E-state index contributed by atoms with van der Waals surface area (Å²) in [5.74, 6) is -0.800. The highest BCUT2D eigenvalue weighted by atomic mass is 16.4. The smallest absolute Gasteiger partial charge is 0.324 e. The van der Waals surface area contributed by atoms with Gasteiger partial charge in [-0.1, -0.05) is 6.92 Å². The van der Waals surface area contributed by atoms with Crippen LogP contribution in [0, 0.1) is 0 Å². The molecular formula is C12H27N3O2. The Hall–Kier alpha value is -0.650. The number of carbonyl (C=O) groups is 1. The van der Waals surface area contributed by atoms with E-state index >= 15 is 0 Å². The molecule has 1 unspecified atom stereocenters. The highest BCUT2D eigenvalue weighted by molar-refractivity contribution is 5.78. The minimum atomic E-state index is -0.867. The summed E-state index contributed by atoms with van der Waals surface area (Å²) in [6.07, 6.45) is 1.06. The van der Waals surface area contributed by atoms with Crippen molar-refractivity contribution in [3.05, 3.63) is 0 Å². The maximum atomic E-state index is 11.2. The normalized spacial score (nSPS) is 15.2. The fourth-order valence-corrected chi connectivity index (χ4v) is 1.66. The van der Waals surface area contributed by atoms with Crippen LogP contribution in [0.25, 0.3) is 0 Å². The highest BCUT2D eigenvalue weighted by Gasteiger charge is 2.32. The number of carboxylic acid groups (broad SMARTS) is 1. The first-order valence-corrected chi connectivity index (χ1v) is 6.15. The zero-order valence-electron chi connectivity index (χ0n) is 11.8. The summed E-state index contributed by atoms with van der Waals surface area (Å²) in [4.78, 5) is 15.5. The summed E-state index contributed by atoms with van der Waals surface area (Å²) < 4.78 is 0. The Labute approximate surface area is 105 Å². The molecule has 0 aliphatic rings. The largest absolute Gasteiger partial charge is 0.480 e. The lowest BCUT2D eigenvalue weighted by atomic mass is 10.0. The van der Waals surface area contributed by atoms with E-state index in [0.29, 0.717) is 6.54 Å². The molecule has 0 fully saturated rings. The predicted molar refractivity (Wildman–Crippen MR) is 70.4 cm³/mol. The van der Waals surface area contributed by atoms with Gasteiger partial charge in [-0.05, 0) is 54.1 Å². The molecule has 0 spiro atoms. The Kier molecular flexibility index (Phi) is 7.34. The lowest BCUT2D eigenvalue weighted by molar-refractivity contribution is -0.144. The topological polar surface area (TPSA) is 55.8 Å². The van der Waals surface area contributed by atoms with Gasteiger partial charge in [0.2, 0.25) is 0 Å². The molecule has 0 saturated carbocycles. The van der Waals surface area contributed by atoms with Crippen LogP contribution in [0.15, 0.2) is 0 Å². The second kappa shape index (κ2) is 7.63. The second-order valence-electron chi connectivity index (χ2n) is 4.91. The Morgan fingerprint density at radius 2 is 1.94 bits per heavy atom. The van der Waals surface area contributed by atoms with E-state index in [1.807, 2.05) is 14.1 Å². The van der Waals surface area contributed by atoms with Crippen molar-refractivity contribution in [2.24, 2.45) is 0 Å². The molecule has 0 saturated heterocycles. The standard InChI is InChI=1S/C12H27N3O2/c1-6-15(9-7-8-14(4)5)10-12(2,13-3)11(16)17/h13H,6-10H2,1-5H3,(H,16,17). The van der Waals surface area contributed by atoms with E-state index in [0.717, 1.165) is 26.1 Å². The van der Waals surface area contributed by atoms with Gasteiger partial charge >= 0.3 is 5.97 Å². The molecule has 0 amide bonds. The molecule has 0 heterocycles. The zero-order chi connectivity index (χ0) is 13.5. The van der Waals surface area contributed by atoms with Crippen LogP contribution in [-0.4, -0.2) is 73.7 Å². The van der Waals surface area contributed by atoms with Crippen LogP contribution in [0.1, 0.15) is 20.3 Å². The maximum Gasteiger partial charge on any atom is 0.324 e. The molecule has 0 aromatic carbocycles. The van der Waals surface area contributed by atoms with Gasteiger partial charge in [-0.2, -0.15) is 0 Å². The quantitative estimate of drug-likeness (QED) is 0.613. The van der Waals surface area contributed by atoms with Crippen LogP contribution in [0.3, 0.4) is 0 Å². The van der Waals surface area contributed by atoms with Crippen molar-refractivity contribution >= 4 is 5.97 Å². The number of nitrogens with one attached hydrogen (secondary N) is 1. The second-order valence-corrected chi connectivity index (χ2v) is 4.91. The summed E-state index contributed by atoms with van der Waals surface area (Å²) in [5, 5.41) is 12.1. The predicted octanol–water partition coefficient (Wildman–Crippen LogP) is 0.323. The number of hydrogen-bond acceptors (Lipinski definition) is 4. The molecule has 17 heavy (non-hydrogen) atoms. The molecule has 0 rings (SSSR count). The van der Waals surface area contributed by atoms with Gasteiger partial charge in [-0.3, -0.25) is 4.79 Å². The van der Waals surface area contributed by atoms with Crippen LogP contribution in [-0.2, 0) is 4.79 Å². The number of likely N-dealkylation sites (N-methyl/N-ethyl adjacent to an activating group) is 2. The fourth-order valence-electron chi connectivity index (χ4n) is 1.66. The molecule has 5 nitrogen and oxygen atoms in total. The SMILES string of the molecule is CCN(CCCN(C)C)CC(C)(NC)C(=O)O. The molecule has 0 aromatic rings. The fraction of sp³-hybridized carbons (Fsp3) is 0.917. The molecular weight excluding hydrogens is 218 g/mol. The Balaban J connectivity index is 4.23. The van der Waals surface area contributed by atoms with E-state index in [9.17, 15) is 9.90 Å². The van der Waals surface area contributed by atoms with Gasteiger partial charge in [-0.15, -0.1) is 0 Å². The van der Waals surface area contributed by atoms with Crippen molar-refractivity contribution < 1.29 is 9.90 Å². The van der Waals surface area contributed by atoms with E-state index in [2.05, 4.69) is 22.0 Å². The van der Waals surface area contributed by atoms with Gasteiger partial charge in [0.1, 0.15) is 5.54 Å². The number of carboxylic acids is 1. The van der Waals surface area contributed by atoms with Gasteiger partial charge < -0.3 is 20.2 Å². The van der Waals surface area contributed by atoms with Crippen LogP contribution in [0.4, 0.5) is 0 Å². The van der Waals surface area contributed by atoms with Crippen LogP contribution < -0.4 is 5.32 Å². The Morgan fingerprint density at radius 1 is 1.35 bits per heavy atom. The lowest BCUT2D eigenvalue weighted by Crippen LogP contribution is -2.55. The van der Waals surface area contributed by atoms with E-state index in [1.165, 1.54) is 0 Å². The highest BCUT2D eigenvalue weighted by Crippen LogP contribution is 2.07. The van der Waals surface area contributed by atoms with E-state index in [-0.39, 0.29) is 0 Å². The summed E-state index contributed by atoms with van der Waals surface area (Å²) >= 11 is 0. The van der Waals surface area contributed by atoms with Gasteiger partial charge in [0.05, 0.1) is 0 Å². The molecule has 0 radical (unpaired) electrons. The first-order chi connectivity index (χ1) is 7.85. The van der Waals surface area contributed by atoms with E-state index in [4.69, 9.17) is 0 Å². The average Bonchev–Trinajstić information content (AvgIpc) is 2.26. The molecule has 1 atom stereocenters. The molecule has 0 aliphatic carbocycles. The van der Waals surface area contributed by atoms with Crippen molar-refractivity contribution in [2.45, 2.75) is 25.8 Å². The molecule has 0 bridgehead atoms. The third-order valence-electron chi connectivity index (χ3n) is 3.09. The third-order valence-corrected chi connectivity index (χ3v) is 3.09. The minimum Gasteiger partial charge on any atom is -0.480 e. The monoisotopic (exact) mass is 245 g/mol. The molecule has 0 aliphatic heterocycles. The molecule has 2 N–H and O–H groups in total. The first kappa shape index (κ1) is 16.4. The number of aliphatic carboxylic acids is 1. The first-order valence-electron chi connectivity index (χ1n) is 6.15. The summed E-state index contributed by atoms with van der Waals surface area (Å²) in [7, 11) is 5.79. The molecule has 102 valence electrons. The van der Waals surface area contributed by atoms with Crippen molar-refractivity contribution in [1.29, 1.82) is 0 Å². The third kappa shape index (κ3) is 6.00. The average molecular weight is 245 g/mol. The summed E-state index contributed by atoms with van der Waals surface area (Å²) in [5.41, 5.74) is -0.867. The number of nitrogens with zero attached hydrogens (tertiary/aromatic N) is 2.